The van der Waals surface area contributed by atoms with Gasteiger partial charge in [-0.2, -0.15) is 4.73 Å². The molecule has 2 rings (SSSR count). The number of rotatable bonds is 2. The van der Waals surface area contributed by atoms with Crippen LogP contribution in [0.25, 0.3) is 10.9 Å². The highest BCUT2D eigenvalue weighted by Crippen LogP contribution is 2.20. The average molecular weight is 257 g/mol. The topological polar surface area (TPSA) is 44.0 Å². The molecule has 1 aromatic carbocycles. The molecule has 3 heteroatoms. The molecule has 0 radical (unpaired) electrons. The SMILES string of the molecule is Cc1cc(CC(=O)C(C)(C)C)[n+]([O-])c2ccccc12. The van der Waals surface area contributed by atoms with Gasteiger partial charge in [0, 0.05) is 17.5 Å². The molecule has 0 aliphatic rings. The number of carbonyl (C=O) groups is 1. The Morgan fingerprint density at radius 1 is 1.26 bits per heavy atom. The van der Waals surface area contributed by atoms with Crippen molar-refractivity contribution in [2.45, 2.75) is 34.1 Å². The van der Waals surface area contributed by atoms with Crippen LogP contribution in [0, 0.1) is 17.5 Å². The predicted molar refractivity (Wildman–Crippen MR) is 75.8 cm³/mol. The maximum Gasteiger partial charge on any atom is 0.224 e. The van der Waals surface area contributed by atoms with E-state index in [1.165, 1.54) is 0 Å². The van der Waals surface area contributed by atoms with Crippen LogP contribution in [0.3, 0.4) is 0 Å². The zero-order valence-electron chi connectivity index (χ0n) is 11.9. The first-order valence-corrected chi connectivity index (χ1v) is 6.45. The van der Waals surface area contributed by atoms with E-state index >= 15 is 0 Å². The summed E-state index contributed by atoms with van der Waals surface area (Å²) in [6.07, 6.45) is 0.179. The molecule has 0 atom stereocenters. The van der Waals surface area contributed by atoms with Crippen LogP contribution in [-0.2, 0) is 11.2 Å². The monoisotopic (exact) mass is 257 g/mol. The maximum atomic E-state index is 12.3. The van der Waals surface area contributed by atoms with E-state index in [9.17, 15) is 10.0 Å². The van der Waals surface area contributed by atoms with Crippen molar-refractivity contribution in [1.82, 2.24) is 0 Å². The lowest BCUT2D eigenvalue weighted by molar-refractivity contribution is -0.585. The van der Waals surface area contributed by atoms with E-state index < -0.39 is 5.41 Å². The number of pyridine rings is 1. The molecule has 0 saturated carbocycles. The van der Waals surface area contributed by atoms with Crippen LogP contribution >= 0.6 is 0 Å². The number of hydrogen-bond donors (Lipinski definition) is 0. The highest BCUT2D eigenvalue weighted by molar-refractivity contribution is 5.86. The van der Waals surface area contributed by atoms with Gasteiger partial charge < -0.3 is 5.21 Å². The summed E-state index contributed by atoms with van der Waals surface area (Å²) in [4.78, 5) is 12.1. The molecule has 0 aliphatic heterocycles. The molecule has 0 spiro atoms. The lowest BCUT2D eigenvalue weighted by Gasteiger charge is -2.16. The highest BCUT2D eigenvalue weighted by Gasteiger charge is 2.25. The van der Waals surface area contributed by atoms with Gasteiger partial charge in [-0.1, -0.05) is 32.9 Å². The van der Waals surface area contributed by atoms with Gasteiger partial charge in [-0.25, -0.2) is 0 Å². The second-order valence-corrected chi connectivity index (χ2v) is 5.98. The van der Waals surface area contributed by atoms with E-state index in [0.717, 1.165) is 15.7 Å². The van der Waals surface area contributed by atoms with Gasteiger partial charge in [0.05, 0.1) is 11.8 Å². The number of ketones is 1. The fourth-order valence-corrected chi connectivity index (χ4v) is 2.08. The number of aromatic nitrogens is 1. The molecule has 0 N–H and O–H groups in total. The van der Waals surface area contributed by atoms with Crippen LogP contribution in [0.1, 0.15) is 32.0 Å². The second-order valence-electron chi connectivity index (χ2n) is 5.98. The molecule has 0 fully saturated rings. The normalized spacial score (nSPS) is 11.8. The van der Waals surface area contributed by atoms with Crippen molar-refractivity contribution >= 4 is 16.7 Å². The van der Waals surface area contributed by atoms with E-state index in [1.54, 1.807) is 6.07 Å². The number of carbonyl (C=O) groups excluding carboxylic acids is 1. The summed E-state index contributed by atoms with van der Waals surface area (Å²) in [7, 11) is 0. The van der Waals surface area contributed by atoms with E-state index in [4.69, 9.17) is 0 Å². The Morgan fingerprint density at radius 2 is 1.89 bits per heavy atom. The number of nitrogens with zero attached hydrogens (tertiary/aromatic N) is 1. The van der Waals surface area contributed by atoms with E-state index in [2.05, 4.69) is 0 Å². The fraction of sp³-hybridized carbons (Fsp3) is 0.375. The maximum absolute atomic E-state index is 12.3. The van der Waals surface area contributed by atoms with E-state index in [-0.39, 0.29) is 12.2 Å². The molecular formula is C16H19NO2. The van der Waals surface area contributed by atoms with E-state index in [0.29, 0.717) is 11.2 Å². The molecule has 1 aromatic heterocycles. The number of hydrogen-bond acceptors (Lipinski definition) is 2. The minimum atomic E-state index is -0.424. The molecule has 0 aliphatic carbocycles. The van der Waals surface area contributed by atoms with Crippen molar-refractivity contribution < 1.29 is 9.52 Å². The van der Waals surface area contributed by atoms with Gasteiger partial charge in [0.2, 0.25) is 11.2 Å². The number of Topliss-reactive ketones (excluding diaryl/α,β-unsaturated/α-hetero) is 1. The van der Waals surface area contributed by atoms with Crippen molar-refractivity contribution in [2.75, 3.05) is 0 Å². The summed E-state index contributed by atoms with van der Waals surface area (Å²) >= 11 is 0. The van der Waals surface area contributed by atoms with Crippen LogP contribution in [0.5, 0.6) is 0 Å². The second kappa shape index (κ2) is 4.65. The van der Waals surface area contributed by atoms with Crippen molar-refractivity contribution in [3.8, 4) is 0 Å². The Bertz CT molecular complexity index is 639. The lowest BCUT2D eigenvalue weighted by atomic mass is 9.88. The summed E-state index contributed by atoms with van der Waals surface area (Å²) in [6, 6.07) is 9.29. The van der Waals surface area contributed by atoms with Crippen molar-refractivity contribution in [3.63, 3.8) is 0 Å². The highest BCUT2D eigenvalue weighted by atomic mass is 16.5. The molecule has 2 aromatic rings. The zero-order valence-corrected chi connectivity index (χ0v) is 11.9. The van der Waals surface area contributed by atoms with Crippen LogP contribution in [0.2, 0.25) is 0 Å². The first-order chi connectivity index (χ1) is 8.80. The molecule has 1 heterocycles. The largest absolute Gasteiger partial charge is 0.618 e. The number of fused-ring (bicyclic) bond motifs is 1. The average Bonchev–Trinajstić information content (AvgIpc) is 2.34. The molecular weight excluding hydrogens is 238 g/mol. The standard InChI is InChI=1S/C16H19NO2/c1-11-9-12(10-15(18)16(2,3)4)17(19)14-8-6-5-7-13(11)14/h5-9H,10H2,1-4H3. The van der Waals surface area contributed by atoms with Gasteiger partial charge in [-0.3, -0.25) is 4.79 Å². The van der Waals surface area contributed by atoms with Gasteiger partial charge in [0.15, 0.2) is 0 Å². The Hall–Kier alpha value is -1.90. The Labute approximate surface area is 113 Å². The van der Waals surface area contributed by atoms with Crippen LogP contribution < -0.4 is 4.73 Å². The minimum Gasteiger partial charge on any atom is -0.618 e. The lowest BCUT2D eigenvalue weighted by Crippen LogP contribution is -2.36. The quantitative estimate of drug-likeness (QED) is 0.613. The van der Waals surface area contributed by atoms with Crippen molar-refractivity contribution in [3.05, 3.63) is 46.8 Å². The Morgan fingerprint density at radius 3 is 2.53 bits per heavy atom. The van der Waals surface area contributed by atoms with Gasteiger partial charge in [-0.15, -0.1) is 0 Å². The summed E-state index contributed by atoms with van der Waals surface area (Å²) < 4.78 is 0.881. The zero-order chi connectivity index (χ0) is 14.2. The minimum absolute atomic E-state index is 0.0757. The smallest absolute Gasteiger partial charge is 0.224 e. The third-order valence-corrected chi connectivity index (χ3v) is 3.37. The fourth-order valence-electron chi connectivity index (χ4n) is 2.08. The first-order valence-electron chi connectivity index (χ1n) is 6.45. The van der Waals surface area contributed by atoms with Crippen LogP contribution in [0.4, 0.5) is 0 Å². The van der Waals surface area contributed by atoms with E-state index in [1.807, 2.05) is 52.0 Å². The molecule has 19 heavy (non-hydrogen) atoms. The van der Waals surface area contributed by atoms with Gasteiger partial charge in [0.25, 0.3) is 0 Å². The molecule has 3 nitrogen and oxygen atoms in total. The molecule has 0 bridgehead atoms. The number of benzene rings is 1. The van der Waals surface area contributed by atoms with Gasteiger partial charge in [0.1, 0.15) is 5.78 Å². The molecule has 0 amide bonds. The summed E-state index contributed by atoms with van der Waals surface area (Å²) in [6.45, 7) is 7.59. The Balaban J connectivity index is 2.51. The molecule has 0 unspecified atom stereocenters. The Kier molecular flexibility index (Phi) is 3.31. The van der Waals surface area contributed by atoms with Gasteiger partial charge in [-0.05, 0) is 18.6 Å². The number of para-hydroxylation sites is 1. The molecule has 0 saturated heterocycles. The summed E-state index contributed by atoms with van der Waals surface area (Å²) in [5.41, 5.74) is 1.75. The van der Waals surface area contributed by atoms with Crippen LogP contribution in [-0.4, -0.2) is 5.78 Å². The third kappa shape index (κ3) is 2.60. The molecule has 100 valence electrons. The predicted octanol–water partition coefficient (Wildman–Crippen LogP) is 2.94. The first kappa shape index (κ1) is 13.5. The summed E-state index contributed by atoms with van der Waals surface area (Å²) in [5.74, 6) is 0.0757. The third-order valence-electron chi connectivity index (χ3n) is 3.37. The van der Waals surface area contributed by atoms with Gasteiger partial charge >= 0.3 is 0 Å². The number of aryl methyl sites for hydroxylation is 1. The summed E-state index contributed by atoms with van der Waals surface area (Å²) in [5, 5.41) is 13.2. The van der Waals surface area contributed by atoms with Crippen LogP contribution in [0.15, 0.2) is 30.3 Å². The van der Waals surface area contributed by atoms with Crippen molar-refractivity contribution in [2.24, 2.45) is 5.41 Å². The van der Waals surface area contributed by atoms with Crippen molar-refractivity contribution in [1.29, 1.82) is 0 Å².